The second kappa shape index (κ2) is 4.96. The summed E-state index contributed by atoms with van der Waals surface area (Å²) in [6.07, 6.45) is 6.13. The van der Waals surface area contributed by atoms with Crippen molar-refractivity contribution in [3.8, 4) is 0 Å². The van der Waals surface area contributed by atoms with Crippen LogP contribution in [0.15, 0.2) is 6.20 Å². The third-order valence-corrected chi connectivity index (χ3v) is 5.15. The Morgan fingerprint density at radius 1 is 1.50 bits per heavy atom. The summed E-state index contributed by atoms with van der Waals surface area (Å²) in [6.45, 7) is 0.595. The van der Waals surface area contributed by atoms with Gasteiger partial charge < -0.3 is 9.67 Å². The van der Waals surface area contributed by atoms with Crippen molar-refractivity contribution in [2.24, 2.45) is 5.92 Å². The molecule has 0 spiro atoms. The van der Waals surface area contributed by atoms with Crippen LogP contribution in [0.2, 0.25) is 0 Å². The van der Waals surface area contributed by atoms with Gasteiger partial charge in [-0.25, -0.2) is 4.98 Å². The minimum Gasteiger partial charge on any atom is -0.481 e. The van der Waals surface area contributed by atoms with E-state index in [2.05, 4.69) is 10.8 Å². The summed E-state index contributed by atoms with van der Waals surface area (Å²) in [5, 5.41) is 9.08. The molecule has 2 unspecified atom stereocenters. The van der Waals surface area contributed by atoms with E-state index in [1.807, 2.05) is 11.8 Å². The maximum atomic E-state index is 11.0. The van der Waals surface area contributed by atoms with E-state index in [-0.39, 0.29) is 5.92 Å². The molecule has 98 valence electrons. The predicted octanol–water partition coefficient (Wildman–Crippen LogP) is 2.14. The molecule has 2 aliphatic rings. The maximum Gasteiger partial charge on any atom is 0.308 e. The van der Waals surface area contributed by atoms with Crippen molar-refractivity contribution in [1.29, 1.82) is 0 Å². The summed E-state index contributed by atoms with van der Waals surface area (Å²) >= 11 is 2.01. The lowest BCUT2D eigenvalue weighted by atomic mass is 10.00. The van der Waals surface area contributed by atoms with Crippen LogP contribution in [0, 0.1) is 5.92 Å². The number of imidazole rings is 1. The van der Waals surface area contributed by atoms with E-state index >= 15 is 0 Å². The van der Waals surface area contributed by atoms with Crippen molar-refractivity contribution in [3.63, 3.8) is 0 Å². The zero-order valence-electron chi connectivity index (χ0n) is 10.3. The van der Waals surface area contributed by atoms with Gasteiger partial charge in [0.2, 0.25) is 0 Å². The van der Waals surface area contributed by atoms with E-state index < -0.39 is 5.97 Å². The van der Waals surface area contributed by atoms with Crippen LogP contribution in [0.1, 0.15) is 36.7 Å². The van der Waals surface area contributed by atoms with Crippen molar-refractivity contribution in [1.82, 2.24) is 9.55 Å². The Kier molecular flexibility index (Phi) is 3.33. The van der Waals surface area contributed by atoms with Gasteiger partial charge in [0.25, 0.3) is 0 Å². The van der Waals surface area contributed by atoms with Gasteiger partial charge in [-0.15, -0.1) is 0 Å². The first-order chi connectivity index (χ1) is 8.74. The van der Waals surface area contributed by atoms with Gasteiger partial charge in [0.15, 0.2) is 0 Å². The van der Waals surface area contributed by atoms with Crippen molar-refractivity contribution in [2.45, 2.75) is 38.1 Å². The number of carbonyl (C=O) groups is 1. The Morgan fingerprint density at radius 2 is 2.39 bits per heavy atom. The molecule has 0 amide bonds. The molecule has 0 aliphatic carbocycles. The number of aryl methyl sites for hydroxylation is 1. The van der Waals surface area contributed by atoms with Gasteiger partial charge in [0.05, 0.1) is 11.6 Å². The first-order valence-electron chi connectivity index (χ1n) is 6.60. The summed E-state index contributed by atoms with van der Waals surface area (Å²) in [5.74, 6) is 3.18. The first kappa shape index (κ1) is 12.1. The number of carboxylic acids is 1. The van der Waals surface area contributed by atoms with Crippen LogP contribution in [0.4, 0.5) is 0 Å². The van der Waals surface area contributed by atoms with Gasteiger partial charge >= 0.3 is 5.97 Å². The second-order valence-electron chi connectivity index (χ2n) is 5.22. The van der Waals surface area contributed by atoms with Crippen LogP contribution in [0.25, 0.3) is 0 Å². The molecule has 0 bridgehead atoms. The van der Waals surface area contributed by atoms with E-state index in [4.69, 9.17) is 10.1 Å². The van der Waals surface area contributed by atoms with Crippen LogP contribution in [-0.2, 0) is 17.8 Å². The summed E-state index contributed by atoms with van der Waals surface area (Å²) in [5.41, 5.74) is 1.18. The van der Waals surface area contributed by atoms with Crippen LogP contribution in [0.5, 0.6) is 0 Å². The average molecular weight is 266 g/mol. The topological polar surface area (TPSA) is 55.1 Å². The minimum atomic E-state index is -0.677. The van der Waals surface area contributed by atoms with Crippen molar-refractivity contribution >= 4 is 17.7 Å². The van der Waals surface area contributed by atoms with Gasteiger partial charge in [-0.2, -0.15) is 11.8 Å². The minimum absolute atomic E-state index is 0.236. The smallest absolute Gasteiger partial charge is 0.308 e. The molecule has 0 aromatic carbocycles. The highest BCUT2D eigenvalue weighted by atomic mass is 32.2. The number of hydrogen-bond acceptors (Lipinski definition) is 3. The predicted molar refractivity (Wildman–Crippen MR) is 71.0 cm³/mol. The van der Waals surface area contributed by atoms with Crippen molar-refractivity contribution in [2.75, 3.05) is 11.5 Å². The van der Waals surface area contributed by atoms with Gasteiger partial charge in [-0.3, -0.25) is 4.79 Å². The molecule has 18 heavy (non-hydrogen) atoms. The first-order valence-corrected chi connectivity index (χ1v) is 7.76. The summed E-state index contributed by atoms with van der Waals surface area (Å²) in [7, 11) is 0. The Labute approximate surface area is 111 Å². The molecule has 0 saturated carbocycles. The molecule has 2 atom stereocenters. The van der Waals surface area contributed by atoms with Gasteiger partial charge in [-0.05, 0) is 25.0 Å². The number of hydrogen-bond donors (Lipinski definition) is 1. The number of aromatic nitrogens is 2. The molecule has 1 aromatic heterocycles. The number of carboxylic acid groups (broad SMARTS) is 1. The molecule has 1 saturated heterocycles. The number of aliphatic carboxylic acids is 1. The molecule has 5 heteroatoms. The zero-order valence-corrected chi connectivity index (χ0v) is 11.2. The largest absolute Gasteiger partial charge is 0.481 e. The highest BCUT2D eigenvalue weighted by Gasteiger charge is 2.27. The number of nitrogens with zero attached hydrogens (tertiary/aromatic N) is 2. The number of rotatable bonds is 2. The molecule has 2 aliphatic heterocycles. The average Bonchev–Trinajstić information content (AvgIpc) is 2.82. The lowest BCUT2D eigenvalue weighted by Crippen LogP contribution is -2.26. The molecular weight excluding hydrogens is 248 g/mol. The van der Waals surface area contributed by atoms with Crippen molar-refractivity contribution < 1.29 is 9.90 Å². The SMILES string of the molecule is O=C(O)C1CCc2nc(C3CCCSC3)cn2C1. The normalized spacial score (nSPS) is 27.8. The second-order valence-corrected chi connectivity index (χ2v) is 6.37. The summed E-state index contributed by atoms with van der Waals surface area (Å²) < 4.78 is 2.07. The zero-order chi connectivity index (χ0) is 12.5. The fourth-order valence-corrected chi connectivity index (χ4v) is 4.00. The number of fused-ring (bicyclic) bond motifs is 1. The Hall–Kier alpha value is -0.970. The molecule has 1 fully saturated rings. The Balaban J connectivity index is 1.78. The molecule has 3 heterocycles. The third-order valence-electron chi connectivity index (χ3n) is 3.94. The summed E-state index contributed by atoms with van der Waals surface area (Å²) in [4.78, 5) is 15.8. The Bertz CT molecular complexity index is 452. The van der Waals surface area contributed by atoms with Crippen LogP contribution in [-0.4, -0.2) is 32.1 Å². The highest BCUT2D eigenvalue weighted by Crippen LogP contribution is 2.32. The lowest BCUT2D eigenvalue weighted by Gasteiger charge is -2.19. The Morgan fingerprint density at radius 3 is 3.11 bits per heavy atom. The van der Waals surface area contributed by atoms with Crippen LogP contribution in [0.3, 0.4) is 0 Å². The van der Waals surface area contributed by atoms with E-state index in [1.54, 1.807) is 0 Å². The third kappa shape index (κ3) is 2.28. The molecule has 1 aromatic rings. The molecule has 1 N–H and O–H groups in total. The van der Waals surface area contributed by atoms with E-state index in [9.17, 15) is 4.79 Å². The van der Waals surface area contributed by atoms with E-state index in [0.717, 1.165) is 18.7 Å². The fourth-order valence-electron chi connectivity index (χ4n) is 2.84. The molecule has 0 radical (unpaired) electrons. The van der Waals surface area contributed by atoms with Crippen LogP contribution >= 0.6 is 11.8 Å². The van der Waals surface area contributed by atoms with E-state index in [1.165, 1.54) is 30.0 Å². The quantitative estimate of drug-likeness (QED) is 0.891. The fraction of sp³-hybridized carbons (Fsp3) is 0.692. The highest BCUT2D eigenvalue weighted by molar-refractivity contribution is 7.99. The lowest BCUT2D eigenvalue weighted by molar-refractivity contribution is -0.142. The molecular formula is C13H18N2O2S. The molecule has 4 nitrogen and oxygen atoms in total. The van der Waals surface area contributed by atoms with Gasteiger partial charge in [0, 0.05) is 30.8 Å². The van der Waals surface area contributed by atoms with Crippen molar-refractivity contribution in [3.05, 3.63) is 17.7 Å². The van der Waals surface area contributed by atoms with Crippen LogP contribution < -0.4 is 0 Å². The number of thioether (sulfide) groups is 1. The summed E-state index contributed by atoms with van der Waals surface area (Å²) in [6, 6.07) is 0. The van der Waals surface area contributed by atoms with E-state index in [0.29, 0.717) is 12.5 Å². The van der Waals surface area contributed by atoms with Gasteiger partial charge in [0.1, 0.15) is 5.82 Å². The standard InChI is InChI=1S/C13H18N2O2S/c16-13(17)9-3-4-12-14-11(7-15(12)6-9)10-2-1-5-18-8-10/h7,9-10H,1-6,8H2,(H,16,17). The van der Waals surface area contributed by atoms with Gasteiger partial charge in [-0.1, -0.05) is 0 Å². The monoisotopic (exact) mass is 266 g/mol. The molecule has 3 rings (SSSR count). The maximum absolute atomic E-state index is 11.0.